The molecule has 3 fully saturated rings. The first-order chi connectivity index (χ1) is 14.8. The number of fused-ring (bicyclic) bond motifs is 5. The molecule has 4 nitrogen and oxygen atoms in total. The molecule has 0 heterocycles. The number of rotatable bonds is 4. The molecule has 32 heavy (non-hydrogen) atoms. The molecular weight excluding hydrogens is 400 g/mol. The van der Waals surface area contributed by atoms with Gasteiger partial charge >= 0.3 is 0 Å². The molecular formula is C28H44O4. The number of hydrogen-bond donors (Lipinski definition) is 3. The highest BCUT2D eigenvalue weighted by Crippen LogP contribution is 2.68. The Morgan fingerprint density at radius 1 is 0.969 bits per heavy atom. The first-order valence-corrected chi connectivity index (χ1v) is 12.9. The minimum Gasteiger partial charge on any atom is -0.393 e. The summed E-state index contributed by atoms with van der Waals surface area (Å²) in [5.74, 6) is 2.01. The van der Waals surface area contributed by atoms with Gasteiger partial charge in [-0.25, -0.2) is 0 Å². The quantitative estimate of drug-likeness (QED) is 0.543. The Morgan fingerprint density at radius 2 is 1.66 bits per heavy atom. The molecule has 180 valence electrons. The van der Waals surface area contributed by atoms with Crippen molar-refractivity contribution < 1.29 is 20.1 Å². The summed E-state index contributed by atoms with van der Waals surface area (Å²) in [5, 5.41) is 33.9. The molecule has 0 aromatic carbocycles. The van der Waals surface area contributed by atoms with E-state index in [1.165, 1.54) is 0 Å². The highest BCUT2D eigenvalue weighted by atomic mass is 16.3. The van der Waals surface area contributed by atoms with E-state index in [9.17, 15) is 20.1 Å². The van der Waals surface area contributed by atoms with Crippen LogP contribution in [0, 0.1) is 40.4 Å². The average Bonchev–Trinajstić information content (AvgIpc) is 3.07. The Morgan fingerprint density at radius 3 is 2.31 bits per heavy atom. The molecule has 9 atom stereocenters. The molecule has 0 aliphatic heterocycles. The Labute approximate surface area is 194 Å². The second-order valence-corrected chi connectivity index (χ2v) is 12.5. The second-order valence-electron chi connectivity index (χ2n) is 12.5. The lowest BCUT2D eigenvalue weighted by Crippen LogP contribution is -2.71. The molecule has 0 radical (unpaired) electrons. The first-order valence-electron chi connectivity index (χ1n) is 12.9. The minimum atomic E-state index is -1.68. The number of aliphatic hydroxyl groups is 3. The van der Waals surface area contributed by atoms with Gasteiger partial charge in [-0.1, -0.05) is 53.7 Å². The van der Waals surface area contributed by atoms with Crippen molar-refractivity contribution in [3.8, 4) is 0 Å². The summed E-state index contributed by atoms with van der Waals surface area (Å²) in [6.45, 7) is 13.4. The third-order valence-electron chi connectivity index (χ3n) is 10.7. The van der Waals surface area contributed by atoms with Crippen LogP contribution in [0.1, 0.15) is 86.5 Å². The van der Waals surface area contributed by atoms with Crippen LogP contribution in [0.5, 0.6) is 0 Å². The lowest BCUT2D eigenvalue weighted by atomic mass is 9.43. The molecule has 2 unspecified atom stereocenters. The Hall–Kier alpha value is -0.970. The van der Waals surface area contributed by atoms with Crippen molar-refractivity contribution >= 4 is 5.78 Å². The maximum atomic E-state index is 13.3. The fourth-order valence-electron chi connectivity index (χ4n) is 7.91. The van der Waals surface area contributed by atoms with Gasteiger partial charge in [0.25, 0.3) is 0 Å². The maximum Gasteiger partial charge on any atom is 0.188 e. The van der Waals surface area contributed by atoms with Crippen LogP contribution in [-0.2, 0) is 4.79 Å². The fourth-order valence-corrected chi connectivity index (χ4v) is 7.91. The zero-order chi connectivity index (χ0) is 23.7. The molecule has 4 aliphatic carbocycles. The molecule has 4 aliphatic rings. The van der Waals surface area contributed by atoms with Crippen molar-refractivity contribution in [2.45, 2.75) is 104 Å². The lowest BCUT2D eigenvalue weighted by molar-refractivity contribution is -0.223. The van der Waals surface area contributed by atoms with E-state index < -0.39 is 22.7 Å². The van der Waals surface area contributed by atoms with Crippen LogP contribution < -0.4 is 0 Å². The summed E-state index contributed by atoms with van der Waals surface area (Å²) in [4.78, 5) is 13.3. The van der Waals surface area contributed by atoms with E-state index in [0.717, 1.165) is 24.8 Å². The average molecular weight is 445 g/mol. The van der Waals surface area contributed by atoms with Gasteiger partial charge in [-0.05, 0) is 85.2 Å². The number of carbonyl (C=O) groups excluding carboxylic acids is 1. The third-order valence-corrected chi connectivity index (χ3v) is 10.7. The van der Waals surface area contributed by atoms with Gasteiger partial charge in [0, 0.05) is 11.8 Å². The lowest BCUT2D eigenvalue weighted by Gasteiger charge is -2.63. The van der Waals surface area contributed by atoms with Gasteiger partial charge in [0.15, 0.2) is 5.78 Å². The van der Waals surface area contributed by atoms with Crippen molar-refractivity contribution in [3.05, 3.63) is 23.8 Å². The molecule has 0 saturated heterocycles. The van der Waals surface area contributed by atoms with Crippen LogP contribution >= 0.6 is 0 Å². The van der Waals surface area contributed by atoms with Crippen LogP contribution in [0.15, 0.2) is 23.8 Å². The molecule has 0 bridgehead atoms. The van der Waals surface area contributed by atoms with Crippen molar-refractivity contribution in [2.75, 3.05) is 0 Å². The van der Waals surface area contributed by atoms with Crippen LogP contribution in [0.3, 0.4) is 0 Å². The number of ketones is 1. The summed E-state index contributed by atoms with van der Waals surface area (Å²) in [5.41, 5.74) is -2.90. The van der Waals surface area contributed by atoms with Crippen molar-refractivity contribution in [3.63, 3.8) is 0 Å². The van der Waals surface area contributed by atoms with E-state index in [1.807, 2.05) is 6.92 Å². The Bertz CT molecular complexity index is 829. The molecule has 4 rings (SSSR count). The fraction of sp³-hybridized carbons (Fsp3) is 0.821. The smallest absolute Gasteiger partial charge is 0.188 e. The van der Waals surface area contributed by atoms with Gasteiger partial charge in [0.05, 0.1) is 11.7 Å². The van der Waals surface area contributed by atoms with Crippen LogP contribution in [0.25, 0.3) is 0 Å². The molecule has 0 aromatic rings. The number of hydrogen-bond acceptors (Lipinski definition) is 4. The Balaban J connectivity index is 1.67. The summed E-state index contributed by atoms with van der Waals surface area (Å²) < 4.78 is 0. The first kappa shape index (κ1) is 24.2. The van der Waals surface area contributed by atoms with Crippen LogP contribution in [0.2, 0.25) is 0 Å². The van der Waals surface area contributed by atoms with E-state index in [2.05, 4.69) is 46.8 Å². The standard InChI is InChI=1S/C28H44O4/c1-17(2)18(3)7-8-19(4)21-9-10-22-23-15-24(30)28(32)16-20(29)11-12-26(28,6)27(23,31)14-13-25(21,22)5/h7-8,15,17-22,29,31-32H,9-14,16H2,1-6H3/t18?,19?,20-,21+,22-,25+,26+,27+,28-/m0/s1. The van der Waals surface area contributed by atoms with Gasteiger partial charge in [0.1, 0.15) is 5.60 Å². The summed E-state index contributed by atoms with van der Waals surface area (Å²) >= 11 is 0. The number of allylic oxidation sites excluding steroid dienone is 2. The molecule has 0 aromatic heterocycles. The SMILES string of the molecule is CC(C)C(C)C=CC(C)[C@H]1CC[C@H]2C3=CC(=O)[C@@]4(O)C[C@@H](O)CC[C@]4(C)[C@@]3(O)CC[C@]12C. The number of carbonyl (C=O) groups is 1. The van der Waals surface area contributed by atoms with Crippen molar-refractivity contribution in [1.29, 1.82) is 0 Å². The highest BCUT2D eigenvalue weighted by molar-refractivity contribution is 6.00. The minimum absolute atomic E-state index is 0.0227. The van der Waals surface area contributed by atoms with Gasteiger partial charge in [-0.15, -0.1) is 0 Å². The van der Waals surface area contributed by atoms with Crippen molar-refractivity contribution in [1.82, 2.24) is 0 Å². The normalized spacial score (nSPS) is 48.2. The monoisotopic (exact) mass is 444 g/mol. The van der Waals surface area contributed by atoms with E-state index >= 15 is 0 Å². The van der Waals surface area contributed by atoms with Gasteiger partial charge < -0.3 is 15.3 Å². The van der Waals surface area contributed by atoms with Gasteiger partial charge in [0.2, 0.25) is 0 Å². The van der Waals surface area contributed by atoms with Crippen LogP contribution in [-0.4, -0.2) is 38.4 Å². The molecule has 3 N–H and O–H groups in total. The van der Waals surface area contributed by atoms with E-state index in [1.54, 1.807) is 6.08 Å². The van der Waals surface area contributed by atoms with E-state index in [0.29, 0.717) is 42.9 Å². The van der Waals surface area contributed by atoms with E-state index in [-0.39, 0.29) is 23.5 Å². The topological polar surface area (TPSA) is 77.8 Å². The van der Waals surface area contributed by atoms with Gasteiger partial charge in [-0.2, -0.15) is 0 Å². The molecule has 3 saturated carbocycles. The Kier molecular flexibility index (Phi) is 5.88. The molecule has 0 spiro atoms. The summed E-state index contributed by atoms with van der Waals surface area (Å²) in [6.07, 6.45) is 10.2. The van der Waals surface area contributed by atoms with Gasteiger partial charge in [-0.3, -0.25) is 4.79 Å². The largest absolute Gasteiger partial charge is 0.393 e. The van der Waals surface area contributed by atoms with Crippen molar-refractivity contribution in [2.24, 2.45) is 40.4 Å². The zero-order valence-corrected chi connectivity index (χ0v) is 20.9. The summed E-state index contributed by atoms with van der Waals surface area (Å²) in [6, 6.07) is 0. The third kappa shape index (κ3) is 3.15. The molecule has 4 heteroatoms. The summed E-state index contributed by atoms with van der Waals surface area (Å²) in [7, 11) is 0. The second kappa shape index (κ2) is 7.78. The highest BCUT2D eigenvalue weighted by Gasteiger charge is 2.71. The number of aliphatic hydroxyl groups excluding tert-OH is 1. The zero-order valence-electron chi connectivity index (χ0n) is 20.9. The van der Waals surface area contributed by atoms with Crippen LogP contribution in [0.4, 0.5) is 0 Å². The molecule has 0 amide bonds. The maximum absolute atomic E-state index is 13.3. The predicted octanol–water partition coefficient (Wildman–Crippen LogP) is 4.82. The van der Waals surface area contributed by atoms with E-state index in [4.69, 9.17) is 0 Å². The predicted molar refractivity (Wildman–Crippen MR) is 127 cm³/mol.